The maximum atomic E-state index is 6.11. The lowest BCUT2D eigenvalue weighted by atomic mass is 10.3. The summed E-state index contributed by atoms with van der Waals surface area (Å²) in [5.41, 5.74) is 1.47. The Kier molecular flexibility index (Phi) is 4.42. The topological polar surface area (TPSA) is 64.0 Å². The SMILES string of the molecule is CC(C)Sc1ncnc2c(N3CCOCC3)nc(Cl)nc12. The standard InChI is InChI=1S/C13H16ClN5OS/c1-8(2)21-12-10-9(15-7-16-12)11(18-13(14)17-10)19-3-5-20-6-4-19/h7-8H,3-6H2,1-2H3. The van der Waals surface area contributed by atoms with Crippen LogP contribution in [0.1, 0.15) is 13.8 Å². The summed E-state index contributed by atoms with van der Waals surface area (Å²) >= 11 is 7.76. The molecule has 1 aliphatic heterocycles. The first-order valence-corrected chi connectivity index (χ1v) is 8.08. The maximum Gasteiger partial charge on any atom is 0.225 e. The van der Waals surface area contributed by atoms with Gasteiger partial charge in [0, 0.05) is 18.3 Å². The number of fused-ring (bicyclic) bond motifs is 1. The summed E-state index contributed by atoms with van der Waals surface area (Å²) < 4.78 is 5.38. The molecule has 0 N–H and O–H groups in total. The van der Waals surface area contributed by atoms with Crippen molar-refractivity contribution in [3.8, 4) is 0 Å². The van der Waals surface area contributed by atoms with Gasteiger partial charge in [-0.1, -0.05) is 13.8 Å². The Morgan fingerprint density at radius 1 is 1.19 bits per heavy atom. The Morgan fingerprint density at radius 2 is 1.95 bits per heavy atom. The van der Waals surface area contributed by atoms with E-state index in [0.717, 1.165) is 35.0 Å². The van der Waals surface area contributed by atoms with Gasteiger partial charge in [-0.05, 0) is 11.6 Å². The lowest BCUT2D eigenvalue weighted by Gasteiger charge is -2.28. The molecule has 6 nitrogen and oxygen atoms in total. The van der Waals surface area contributed by atoms with Crippen molar-refractivity contribution in [2.24, 2.45) is 0 Å². The third-order valence-corrected chi connectivity index (χ3v) is 4.22. The van der Waals surface area contributed by atoms with E-state index < -0.39 is 0 Å². The summed E-state index contributed by atoms with van der Waals surface area (Å²) in [6.45, 7) is 7.15. The van der Waals surface area contributed by atoms with Gasteiger partial charge in [0.1, 0.15) is 22.4 Å². The van der Waals surface area contributed by atoms with Crippen molar-refractivity contribution < 1.29 is 4.74 Å². The van der Waals surface area contributed by atoms with Crippen molar-refractivity contribution in [1.82, 2.24) is 19.9 Å². The Bertz CT molecular complexity index is 648. The first-order valence-electron chi connectivity index (χ1n) is 6.82. The molecule has 0 unspecified atom stereocenters. The van der Waals surface area contributed by atoms with Gasteiger partial charge < -0.3 is 9.64 Å². The minimum absolute atomic E-state index is 0.226. The number of thioether (sulfide) groups is 1. The molecule has 1 saturated heterocycles. The molecular weight excluding hydrogens is 310 g/mol. The Labute approximate surface area is 132 Å². The quantitative estimate of drug-likeness (QED) is 0.488. The number of morpholine rings is 1. The molecular formula is C13H16ClN5OS. The van der Waals surface area contributed by atoms with E-state index in [1.807, 2.05) is 0 Å². The molecule has 1 fully saturated rings. The van der Waals surface area contributed by atoms with Crippen LogP contribution in [0.4, 0.5) is 5.82 Å². The largest absolute Gasteiger partial charge is 0.378 e. The lowest BCUT2D eigenvalue weighted by molar-refractivity contribution is 0.122. The fourth-order valence-corrected chi connectivity index (χ4v) is 3.16. The van der Waals surface area contributed by atoms with Gasteiger partial charge >= 0.3 is 0 Å². The Morgan fingerprint density at radius 3 is 2.67 bits per heavy atom. The molecule has 0 radical (unpaired) electrons. The number of ether oxygens (including phenoxy) is 1. The van der Waals surface area contributed by atoms with Crippen LogP contribution in [0.15, 0.2) is 11.4 Å². The van der Waals surface area contributed by atoms with Crippen LogP contribution in [0.3, 0.4) is 0 Å². The number of halogens is 1. The summed E-state index contributed by atoms with van der Waals surface area (Å²) in [7, 11) is 0. The van der Waals surface area contributed by atoms with E-state index in [1.165, 1.54) is 0 Å². The molecule has 0 bridgehead atoms. The number of hydrogen-bond acceptors (Lipinski definition) is 7. The van der Waals surface area contributed by atoms with Crippen LogP contribution < -0.4 is 4.90 Å². The van der Waals surface area contributed by atoms with Crippen LogP contribution in [0.25, 0.3) is 11.0 Å². The molecule has 21 heavy (non-hydrogen) atoms. The zero-order valence-electron chi connectivity index (χ0n) is 11.9. The van der Waals surface area contributed by atoms with Gasteiger partial charge in [-0.2, -0.15) is 4.98 Å². The molecule has 0 aliphatic carbocycles. The number of rotatable bonds is 3. The highest BCUT2D eigenvalue weighted by Gasteiger charge is 2.20. The minimum atomic E-state index is 0.226. The third kappa shape index (κ3) is 3.20. The van der Waals surface area contributed by atoms with Crippen LogP contribution >= 0.6 is 23.4 Å². The number of hydrogen-bond donors (Lipinski definition) is 0. The molecule has 3 rings (SSSR count). The van der Waals surface area contributed by atoms with E-state index in [0.29, 0.717) is 18.5 Å². The van der Waals surface area contributed by atoms with E-state index in [4.69, 9.17) is 16.3 Å². The molecule has 0 amide bonds. The fourth-order valence-electron chi connectivity index (χ4n) is 2.19. The highest BCUT2D eigenvalue weighted by molar-refractivity contribution is 8.00. The molecule has 0 saturated carbocycles. The van der Waals surface area contributed by atoms with Gasteiger partial charge in [0.2, 0.25) is 5.28 Å². The smallest absolute Gasteiger partial charge is 0.225 e. The summed E-state index contributed by atoms with van der Waals surface area (Å²) in [6, 6.07) is 0. The molecule has 112 valence electrons. The average molecular weight is 326 g/mol. The normalized spacial score (nSPS) is 15.9. The van der Waals surface area contributed by atoms with Crippen molar-refractivity contribution in [3.05, 3.63) is 11.6 Å². The van der Waals surface area contributed by atoms with Crippen LogP contribution in [0.5, 0.6) is 0 Å². The van der Waals surface area contributed by atoms with Crippen molar-refractivity contribution in [2.45, 2.75) is 24.1 Å². The molecule has 0 spiro atoms. The maximum absolute atomic E-state index is 6.11. The van der Waals surface area contributed by atoms with Crippen LogP contribution in [-0.2, 0) is 4.74 Å². The predicted octanol–water partition coefficient (Wildman–Crippen LogP) is 2.41. The molecule has 1 aliphatic rings. The second-order valence-corrected chi connectivity index (χ2v) is 6.86. The Hall–Kier alpha value is -1.18. The van der Waals surface area contributed by atoms with Crippen LogP contribution in [0.2, 0.25) is 5.28 Å². The first-order chi connectivity index (χ1) is 10.1. The minimum Gasteiger partial charge on any atom is -0.378 e. The zero-order chi connectivity index (χ0) is 14.8. The third-order valence-electron chi connectivity index (χ3n) is 3.06. The van der Waals surface area contributed by atoms with Crippen LogP contribution in [-0.4, -0.2) is 51.5 Å². The van der Waals surface area contributed by atoms with Gasteiger partial charge in [0.25, 0.3) is 0 Å². The molecule has 2 aromatic rings. The van der Waals surface area contributed by atoms with Gasteiger partial charge in [0.05, 0.1) is 13.2 Å². The highest BCUT2D eigenvalue weighted by atomic mass is 35.5. The van der Waals surface area contributed by atoms with E-state index >= 15 is 0 Å². The van der Waals surface area contributed by atoms with Gasteiger partial charge in [-0.25, -0.2) is 15.0 Å². The van der Waals surface area contributed by atoms with E-state index in [2.05, 4.69) is 38.7 Å². The summed E-state index contributed by atoms with van der Waals surface area (Å²) in [4.78, 5) is 19.5. The molecule has 0 atom stereocenters. The fraction of sp³-hybridized carbons (Fsp3) is 0.538. The van der Waals surface area contributed by atoms with E-state index in [1.54, 1.807) is 18.1 Å². The molecule has 3 heterocycles. The monoisotopic (exact) mass is 325 g/mol. The molecule has 8 heteroatoms. The number of anilines is 1. The zero-order valence-corrected chi connectivity index (χ0v) is 13.5. The highest BCUT2D eigenvalue weighted by Crippen LogP contribution is 2.31. The van der Waals surface area contributed by atoms with E-state index in [9.17, 15) is 0 Å². The number of aromatic nitrogens is 4. The van der Waals surface area contributed by atoms with Gasteiger partial charge in [0.15, 0.2) is 5.82 Å². The van der Waals surface area contributed by atoms with Crippen LogP contribution in [0, 0.1) is 0 Å². The van der Waals surface area contributed by atoms with Crippen molar-refractivity contribution in [3.63, 3.8) is 0 Å². The average Bonchev–Trinajstić information content (AvgIpc) is 2.47. The summed E-state index contributed by atoms with van der Waals surface area (Å²) in [6.07, 6.45) is 1.56. The second kappa shape index (κ2) is 6.29. The van der Waals surface area contributed by atoms with Crippen molar-refractivity contribution in [1.29, 1.82) is 0 Å². The first kappa shape index (κ1) is 14.7. The van der Waals surface area contributed by atoms with Gasteiger partial charge in [-0.3, -0.25) is 0 Å². The lowest BCUT2D eigenvalue weighted by Crippen LogP contribution is -2.37. The second-order valence-electron chi connectivity index (χ2n) is 4.96. The van der Waals surface area contributed by atoms with Gasteiger partial charge in [-0.15, -0.1) is 11.8 Å². The molecule has 0 aromatic carbocycles. The molecule has 2 aromatic heterocycles. The number of nitrogens with zero attached hydrogens (tertiary/aromatic N) is 5. The summed E-state index contributed by atoms with van der Waals surface area (Å²) in [5.74, 6) is 0.765. The van der Waals surface area contributed by atoms with Crippen molar-refractivity contribution >= 4 is 40.2 Å². The predicted molar refractivity (Wildman–Crippen MR) is 84.2 cm³/mol. The van der Waals surface area contributed by atoms with Crippen molar-refractivity contribution in [2.75, 3.05) is 31.2 Å². The summed E-state index contributed by atoms with van der Waals surface area (Å²) in [5, 5.41) is 1.47. The Balaban J connectivity index is 2.11. The van der Waals surface area contributed by atoms with E-state index in [-0.39, 0.29) is 5.28 Å².